The minimum absolute atomic E-state index is 0.0486. The molecule has 8 heteroatoms. The lowest BCUT2D eigenvalue weighted by atomic mass is 9.95. The van der Waals surface area contributed by atoms with E-state index in [0.717, 1.165) is 47.8 Å². The lowest BCUT2D eigenvalue weighted by molar-refractivity contribution is 0.0923. The Bertz CT molecular complexity index is 1570. The van der Waals surface area contributed by atoms with Crippen molar-refractivity contribution < 1.29 is 9.18 Å². The molecule has 0 atom stereocenters. The number of carbonyl (C=O) groups excluding carboxylic acids is 1. The first-order chi connectivity index (χ1) is 17.6. The summed E-state index contributed by atoms with van der Waals surface area (Å²) >= 11 is 0. The normalized spacial score (nSPS) is 14.4. The average molecular weight is 481 g/mol. The predicted molar refractivity (Wildman–Crippen MR) is 135 cm³/mol. The fraction of sp³-hybridized carbons (Fsp3) is 0.250. The fourth-order valence-corrected chi connectivity index (χ4v) is 4.89. The molecule has 0 radical (unpaired) electrons. The van der Waals surface area contributed by atoms with Gasteiger partial charge in [-0.1, -0.05) is 37.5 Å². The molecule has 0 bridgehead atoms. The summed E-state index contributed by atoms with van der Waals surface area (Å²) in [7, 11) is 0. The molecule has 0 aliphatic heterocycles. The number of benzene rings is 2. The molecule has 0 saturated heterocycles. The number of carbonyl (C=O) groups is 1. The van der Waals surface area contributed by atoms with Crippen molar-refractivity contribution in [1.29, 1.82) is 0 Å². The monoisotopic (exact) mass is 480 g/mol. The van der Waals surface area contributed by atoms with Gasteiger partial charge in [0.25, 0.3) is 11.7 Å². The molecule has 3 heterocycles. The summed E-state index contributed by atoms with van der Waals surface area (Å²) in [5.74, 6) is -0.464. The first-order valence-corrected chi connectivity index (χ1v) is 12.3. The van der Waals surface area contributed by atoms with Gasteiger partial charge in [0.2, 0.25) is 0 Å². The lowest BCUT2D eigenvalue weighted by Gasteiger charge is -2.22. The molecule has 3 aromatic heterocycles. The largest absolute Gasteiger partial charge is 0.349 e. The molecule has 36 heavy (non-hydrogen) atoms. The third kappa shape index (κ3) is 4.42. The minimum Gasteiger partial charge on any atom is -0.349 e. The maximum absolute atomic E-state index is 15.0. The van der Waals surface area contributed by atoms with E-state index in [2.05, 4.69) is 31.4 Å². The topological polar surface area (TPSA) is 85.1 Å². The van der Waals surface area contributed by atoms with Crippen molar-refractivity contribution in [3.05, 3.63) is 89.8 Å². The van der Waals surface area contributed by atoms with Crippen LogP contribution in [0.25, 0.3) is 27.9 Å². The van der Waals surface area contributed by atoms with Gasteiger partial charge in [-0.25, -0.2) is 18.9 Å². The van der Waals surface area contributed by atoms with Gasteiger partial charge in [0.05, 0.1) is 29.2 Å². The molecule has 1 aliphatic rings. The van der Waals surface area contributed by atoms with Gasteiger partial charge in [-0.05, 0) is 48.7 Å². The first-order valence-electron chi connectivity index (χ1n) is 12.3. The Morgan fingerprint density at radius 2 is 1.86 bits per heavy atom. The summed E-state index contributed by atoms with van der Waals surface area (Å²) in [6, 6.07) is 14.8. The summed E-state index contributed by atoms with van der Waals surface area (Å²) in [5, 5.41) is 8.73. The van der Waals surface area contributed by atoms with Crippen LogP contribution in [0, 0.1) is 5.82 Å². The smallest absolute Gasteiger partial charge is 0.254 e. The molecule has 2 aromatic carbocycles. The Hall–Kier alpha value is -4.20. The van der Waals surface area contributed by atoms with Crippen molar-refractivity contribution in [3.63, 3.8) is 0 Å². The fourth-order valence-electron chi connectivity index (χ4n) is 4.89. The molecule has 1 N–H and O–H groups in total. The minimum atomic E-state index is -0.571. The van der Waals surface area contributed by atoms with Crippen LogP contribution in [0.4, 0.5) is 4.39 Å². The number of pyridine rings is 1. The summed E-state index contributed by atoms with van der Waals surface area (Å²) in [6.07, 6.45) is 11.0. The van der Waals surface area contributed by atoms with Gasteiger partial charge in [0, 0.05) is 29.6 Å². The van der Waals surface area contributed by atoms with E-state index in [1.54, 1.807) is 29.2 Å². The predicted octanol–water partition coefficient (Wildman–Crippen LogP) is 5.13. The molecule has 1 amide bonds. The Balaban J connectivity index is 1.25. The van der Waals surface area contributed by atoms with E-state index >= 15 is 0 Å². The molecular formula is C28H25FN6O. The quantitative estimate of drug-likeness (QED) is 0.377. The Morgan fingerprint density at radius 3 is 2.72 bits per heavy atom. The number of halogens is 1. The van der Waals surface area contributed by atoms with Crippen molar-refractivity contribution >= 4 is 22.6 Å². The van der Waals surface area contributed by atoms with Crippen LogP contribution in [0.2, 0.25) is 0 Å². The standard InChI is InChI=1S/C28H25FN6O/c29-24-15-20(9-10-23(24)27(36)33-21-6-2-1-3-7-21)26-17-32-28-31-16-22(35(28)34-26)14-18-8-11-25-19(13-18)5-4-12-30-25/h4-5,8-13,15-17,21H,1-3,6-7,14H2,(H,33,36). The number of nitrogens with zero attached hydrogens (tertiary/aromatic N) is 5. The van der Waals surface area contributed by atoms with E-state index in [1.165, 1.54) is 18.6 Å². The molecule has 0 unspecified atom stereocenters. The number of imidazole rings is 1. The average Bonchev–Trinajstić information content (AvgIpc) is 3.31. The van der Waals surface area contributed by atoms with Crippen molar-refractivity contribution in [2.24, 2.45) is 0 Å². The number of nitrogens with one attached hydrogen (secondary N) is 1. The number of aromatic nitrogens is 5. The van der Waals surface area contributed by atoms with E-state index < -0.39 is 5.82 Å². The van der Waals surface area contributed by atoms with Crippen LogP contribution >= 0.6 is 0 Å². The van der Waals surface area contributed by atoms with Crippen LogP contribution in [-0.4, -0.2) is 36.5 Å². The highest BCUT2D eigenvalue weighted by Gasteiger charge is 2.19. The second kappa shape index (κ2) is 9.45. The zero-order valence-electron chi connectivity index (χ0n) is 19.7. The van der Waals surface area contributed by atoms with E-state index in [-0.39, 0.29) is 17.5 Å². The van der Waals surface area contributed by atoms with E-state index in [9.17, 15) is 9.18 Å². The summed E-state index contributed by atoms with van der Waals surface area (Å²) < 4.78 is 16.6. The van der Waals surface area contributed by atoms with Gasteiger partial charge >= 0.3 is 0 Å². The molecular weight excluding hydrogens is 455 g/mol. The van der Waals surface area contributed by atoms with E-state index in [0.29, 0.717) is 23.5 Å². The SMILES string of the molecule is O=C(NC1CCCCC1)c1ccc(-c2cnc3ncc(Cc4ccc5ncccc5c4)n3n2)cc1F. The summed E-state index contributed by atoms with van der Waals surface area (Å²) in [6.45, 7) is 0. The van der Waals surface area contributed by atoms with Gasteiger partial charge in [-0.3, -0.25) is 9.78 Å². The Labute approximate surface area is 207 Å². The van der Waals surface area contributed by atoms with Crippen LogP contribution in [-0.2, 0) is 6.42 Å². The number of fused-ring (bicyclic) bond motifs is 2. The van der Waals surface area contributed by atoms with Crippen molar-refractivity contribution in [1.82, 2.24) is 29.9 Å². The Kier molecular flexibility index (Phi) is 5.85. The number of hydrogen-bond donors (Lipinski definition) is 1. The molecule has 1 saturated carbocycles. The molecule has 1 aliphatic carbocycles. The van der Waals surface area contributed by atoms with E-state index in [4.69, 9.17) is 0 Å². The second-order valence-corrected chi connectivity index (χ2v) is 9.32. The van der Waals surface area contributed by atoms with Crippen LogP contribution in [0.3, 0.4) is 0 Å². The van der Waals surface area contributed by atoms with Crippen LogP contribution in [0.1, 0.15) is 53.7 Å². The molecule has 5 aromatic rings. The van der Waals surface area contributed by atoms with Crippen LogP contribution in [0.15, 0.2) is 67.1 Å². The summed E-state index contributed by atoms with van der Waals surface area (Å²) in [4.78, 5) is 25.8. The van der Waals surface area contributed by atoms with Crippen molar-refractivity contribution in [2.45, 2.75) is 44.6 Å². The molecule has 6 rings (SSSR count). The van der Waals surface area contributed by atoms with Gasteiger partial charge < -0.3 is 5.32 Å². The van der Waals surface area contributed by atoms with Gasteiger partial charge in [-0.15, -0.1) is 0 Å². The summed E-state index contributed by atoms with van der Waals surface area (Å²) in [5.41, 5.74) is 4.01. The van der Waals surface area contributed by atoms with Gasteiger partial charge in [0.1, 0.15) is 11.5 Å². The first kappa shape index (κ1) is 22.3. The lowest BCUT2D eigenvalue weighted by Crippen LogP contribution is -2.36. The van der Waals surface area contributed by atoms with Crippen molar-refractivity contribution in [3.8, 4) is 11.3 Å². The number of rotatable bonds is 5. The van der Waals surface area contributed by atoms with Gasteiger partial charge in [-0.2, -0.15) is 5.10 Å². The van der Waals surface area contributed by atoms with Crippen LogP contribution in [0.5, 0.6) is 0 Å². The maximum Gasteiger partial charge on any atom is 0.254 e. The highest BCUT2D eigenvalue weighted by molar-refractivity contribution is 5.95. The molecule has 0 spiro atoms. The van der Waals surface area contributed by atoms with Crippen LogP contribution < -0.4 is 5.32 Å². The molecule has 180 valence electrons. The highest BCUT2D eigenvalue weighted by atomic mass is 19.1. The van der Waals surface area contributed by atoms with Crippen molar-refractivity contribution in [2.75, 3.05) is 0 Å². The van der Waals surface area contributed by atoms with E-state index in [1.807, 2.05) is 24.3 Å². The highest BCUT2D eigenvalue weighted by Crippen LogP contribution is 2.23. The zero-order valence-corrected chi connectivity index (χ0v) is 19.7. The third-order valence-electron chi connectivity index (χ3n) is 6.80. The third-order valence-corrected chi connectivity index (χ3v) is 6.80. The maximum atomic E-state index is 15.0. The number of hydrogen-bond acceptors (Lipinski definition) is 5. The molecule has 7 nitrogen and oxygen atoms in total. The Morgan fingerprint density at radius 1 is 1.00 bits per heavy atom. The molecule has 1 fully saturated rings. The zero-order chi connectivity index (χ0) is 24.5. The van der Waals surface area contributed by atoms with Gasteiger partial charge in [0.15, 0.2) is 0 Å². The number of amides is 1. The second-order valence-electron chi connectivity index (χ2n) is 9.32.